The molecule has 0 saturated carbocycles. The minimum atomic E-state index is -4.35. The van der Waals surface area contributed by atoms with Crippen LogP contribution in [-0.4, -0.2) is 41.9 Å². The lowest BCUT2D eigenvalue weighted by Gasteiger charge is -2.34. The highest BCUT2D eigenvalue weighted by molar-refractivity contribution is 5.91. The number of halogens is 3. The predicted molar refractivity (Wildman–Crippen MR) is 117 cm³/mol. The Hall–Kier alpha value is -3.26. The Balaban J connectivity index is 1.29. The number of carbonyl (C=O) groups excluding carboxylic acids is 1. The maximum absolute atomic E-state index is 12.9. The number of para-hydroxylation sites is 1. The van der Waals surface area contributed by atoms with Crippen molar-refractivity contribution in [2.75, 3.05) is 26.2 Å². The Kier molecular flexibility index (Phi) is 6.74. The summed E-state index contributed by atoms with van der Waals surface area (Å²) in [5, 5.41) is 0. The second kappa shape index (κ2) is 9.70. The molecule has 2 aromatic carbocycles. The Labute approximate surface area is 190 Å². The van der Waals surface area contributed by atoms with Gasteiger partial charge in [-0.15, -0.1) is 0 Å². The summed E-state index contributed by atoms with van der Waals surface area (Å²) >= 11 is 0. The molecule has 1 aliphatic rings. The summed E-state index contributed by atoms with van der Waals surface area (Å²) in [6.45, 7) is 4.70. The molecule has 1 saturated heterocycles. The van der Waals surface area contributed by atoms with E-state index in [4.69, 9.17) is 9.15 Å². The van der Waals surface area contributed by atoms with E-state index < -0.39 is 11.7 Å². The van der Waals surface area contributed by atoms with Crippen LogP contribution in [0.15, 0.2) is 65.1 Å². The SMILES string of the molecule is Cc1ccccc1OCc1ccc(C(=O)N2CCN(Cc3cccc(C(F)(F)F)c3)CC2)o1. The smallest absolute Gasteiger partial charge is 0.416 e. The van der Waals surface area contributed by atoms with Gasteiger partial charge in [0.1, 0.15) is 18.1 Å². The molecule has 3 aromatic rings. The summed E-state index contributed by atoms with van der Waals surface area (Å²) in [6.07, 6.45) is -4.35. The number of hydrogen-bond donors (Lipinski definition) is 0. The van der Waals surface area contributed by atoms with Crippen molar-refractivity contribution in [1.29, 1.82) is 0 Å². The van der Waals surface area contributed by atoms with Crippen LogP contribution in [0.3, 0.4) is 0 Å². The minimum absolute atomic E-state index is 0.198. The number of alkyl halides is 3. The second-order valence-corrected chi connectivity index (χ2v) is 8.09. The lowest BCUT2D eigenvalue weighted by Crippen LogP contribution is -2.48. The van der Waals surface area contributed by atoms with Crippen LogP contribution in [-0.2, 0) is 19.3 Å². The van der Waals surface area contributed by atoms with Gasteiger partial charge in [0.25, 0.3) is 5.91 Å². The van der Waals surface area contributed by atoms with Crippen LogP contribution in [0.4, 0.5) is 13.2 Å². The van der Waals surface area contributed by atoms with Gasteiger partial charge in [0.15, 0.2) is 5.76 Å². The molecule has 1 aliphatic heterocycles. The quantitative estimate of drug-likeness (QED) is 0.513. The molecule has 0 spiro atoms. The number of aryl methyl sites for hydroxylation is 1. The Bertz CT molecular complexity index is 1100. The third kappa shape index (κ3) is 5.76. The highest BCUT2D eigenvalue weighted by Crippen LogP contribution is 2.30. The van der Waals surface area contributed by atoms with Crippen LogP contribution in [0, 0.1) is 6.92 Å². The number of ether oxygens (including phenoxy) is 1. The zero-order chi connectivity index (χ0) is 23.4. The van der Waals surface area contributed by atoms with Crippen LogP contribution in [0.5, 0.6) is 5.75 Å². The summed E-state index contributed by atoms with van der Waals surface area (Å²) in [6, 6.07) is 16.4. The van der Waals surface area contributed by atoms with Gasteiger partial charge in [0.05, 0.1) is 5.56 Å². The second-order valence-electron chi connectivity index (χ2n) is 8.09. The molecule has 8 heteroatoms. The molecule has 2 heterocycles. The van der Waals surface area contributed by atoms with Crippen LogP contribution >= 0.6 is 0 Å². The number of furan rings is 1. The highest BCUT2D eigenvalue weighted by Gasteiger charge is 2.30. The molecule has 0 N–H and O–H groups in total. The number of amides is 1. The lowest BCUT2D eigenvalue weighted by atomic mass is 10.1. The van der Waals surface area contributed by atoms with Crippen LogP contribution in [0.1, 0.15) is 33.0 Å². The molecule has 0 atom stereocenters. The van der Waals surface area contributed by atoms with Gasteiger partial charge in [-0.2, -0.15) is 13.2 Å². The third-order valence-corrected chi connectivity index (χ3v) is 5.66. The number of benzene rings is 2. The monoisotopic (exact) mass is 458 g/mol. The summed E-state index contributed by atoms with van der Waals surface area (Å²) in [4.78, 5) is 16.6. The maximum atomic E-state index is 12.9. The first kappa shape index (κ1) is 22.9. The first-order valence-corrected chi connectivity index (χ1v) is 10.7. The Morgan fingerprint density at radius 1 is 1.00 bits per heavy atom. The van der Waals surface area contributed by atoms with E-state index in [1.165, 1.54) is 12.1 Å². The Morgan fingerprint density at radius 2 is 1.76 bits per heavy atom. The van der Waals surface area contributed by atoms with Crippen molar-refractivity contribution >= 4 is 5.91 Å². The number of piperazine rings is 1. The number of hydrogen-bond acceptors (Lipinski definition) is 4. The minimum Gasteiger partial charge on any atom is -0.485 e. The maximum Gasteiger partial charge on any atom is 0.416 e. The zero-order valence-electron chi connectivity index (χ0n) is 18.3. The molecular weight excluding hydrogens is 433 g/mol. The third-order valence-electron chi connectivity index (χ3n) is 5.66. The predicted octanol–water partition coefficient (Wildman–Crippen LogP) is 5.14. The van der Waals surface area contributed by atoms with Crippen molar-refractivity contribution in [2.24, 2.45) is 0 Å². The number of rotatable bonds is 6. The number of nitrogens with zero attached hydrogens (tertiary/aromatic N) is 2. The van der Waals surface area contributed by atoms with E-state index in [9.17, 15) is 18.0 Å². The summed E-state index contributed by atoms with van der Waals surface area (Å²) in [7, 11) is 0. The molecule has 0 unspecified atom stereocenters. The van der Waals surface area contributed by atoms with Gasteiger partial charge in [-0.1, -0.05) is 36.4 Å². The first-order valence-electron chi connectivity index (χ1n) is 10.7. The Morgan fingerprint density at radius 3 is 2.48 bits per heavy atom. The first-order chi connectivity index (χ1) is 15.8. The fourth-order valence-electron chi connectivity index (χ4n) is 3.81. The van der Waals surface area contributed by atoms with Crippen molar-refractivity contribution in [1.82, 2.24) is 9.80 Å². The van der Waals surface area contributed by atoms with Crippen molar-refractivity contribution < 1.29 is 27.1 Å². The molecule has 1 amide bonds. The fraction of sp³-hybridized carbons (Fsp3) is 0.320. The largest absolute Gasteiger partial charge is 0.485 e. The highest BCUT2D eigenvalue weighted by atomic mass is 19.4. The lowest BCUT2D eigenvalue weighted by molar-refractivity contribution is -0.137. The topological polar surface area (TPSA) is 45.9 Å². The van der Waals surface area contributed by atoms with Crippen molar-refractivity contribution in [3.8, 4) is 5.75 Å². The van der Waals surface area contributed by atoms with Gasteiger partial charge in [-0.25, -0.2) is 0 Å². The van der Waals surface area contributed by atoms with E-state index in [1.807, 2.05) is 36.1 Å². The molecule has 0 aliphatic carbocycles. The molecule has 4 rings (SSSR count). The van der Waals surface area contributed by atoms with Gasteiger partial charge < -0.3 is 14.1 Å². The van der Waals surface area contributed by atoms with E-state index in [0.717, 1.165) is 17.4 Å². The van der Waals surface area contributed by atoms with Crippen molar-refractivity contribution in [2.45, 2.75) is 26.3 Å². The molecule has 174 valence electrons. The average Bonchev–Trinajstić information content (AvgIpc) is 3.27. The van der Waals surface area contributed by atoms with E-state index in [2.05, 4.69) is 0 Å². The summed E-state index contributed by atoms with van der Waals surface area (Å²) in [5.41, 5.74) is 0.978. The molecule has 0 bridgehead atoms. The van der Waals surface area contributed by atoms with E-state index in [-0.39, 0.29) is 18.3 Å². The van der Waals surface area contributed by atoms with Crippen LogP contribution in [0.25, 0.3) is 0 Å². The van der Waals surface area contributed by atoms with E-state index >= 15 is 0 Å². The average molecular weight is 458 g/mol. The van der Waals surface area contributed by atoms with Crippen molar-refractivity contribution in [3.63, 3.8) is 0 Å². The zero-order valence-corrected chi connectivity index (χ0v) is 18.3. The summed E-state index contributed by atoms with van der Waals surface area (Å²) < 4.78 is 50.2. The molecule has 0 radical (unpaired) electrons. The van der Waals surface area contributed by atoms with Crippen LogP contribution < -0.4 is 4.74 Å². The molecular formula is C25H25F3N2O3. The molecule has 5 nitrogen and oxygen atoms in total. The van der Waals surface area contributed by atoms with Gasteiger partial charge in [0, 0.05) is 32.7 Å². The van der Waals surface area contributed by atoms with E-state index in [1.54, 1.807) is 23.1 Å². The fourth-order valence-corrected chi connectivity index (χ4v) is 3.81. The normalized spacial score (nSPS) is 15.0. The van der Waals surface area contributed by atoms with Crippen molar-refractivity contribution in [3.05, 3.63) is 88.9 Å². The molecule has 33 heavy (non-hydrogen) atoms. The summed E-state index contributed by atoms with van der Waals surface area (Å²) in [5.74, 6) is 1.38. The number of carbonyl (C=O) groups is 1. The van der Waals surface area contributed by atoms with Gasteiger partial charge in [0.2, 0.25) is 0 Å². The van der Waals surface area contributed by atoms with E-state index in [0.29, 0.717) is 44.0 Å². The molecule has 1 aromatic heterocycles. The molecule has 1 fully saturated rings. The van der Waals surface area contributed by atoms with Gasteiger partial charge in [-0.05, 0) is 42.3 Å². The van der Waals surface area contributed by atoms with Crippen LogP contribution in [0.2, 0.25) is 0 Å². The van der Waals surface area contributed by atoms with Gasteiger partial charge >= 0.3 is 6.18 Å². The standard InChI is InChI=1S/C25H25F3N2O3/c1-18-5-2-3-8-22(18)32-17-21-9-10-23(33-21)24(31)30-13-11-29(12-14-30)16-19-6-4-7-20(15-19)25(26,27)28/h2-10,15H,11-14,16-17H2,1H3. The van der Waals surface area contributed by atoms with Gasteiger partial charge in [-0.3, -0.25) is 9.69 Å².